The van der Waals surface area contributed by atoms with Crippen molar-refractivity contribution in [3.63, 3.8) is 0 Å². The van der Waals surface area contributed by atoms with Gasteiger partial charge in [0, 0.05) is 44.1 Å². The van der Waals surface area contributed by atoms with Crippen LogP contribution in [0, 0.1) is 0 Å². The van der Waals surface area contributed by atoms with Crippen LogP contribution in [0.2, 0.25) is 0 Å². The smallest absolute Gasteiger partial charge is 0.122 e. The summed E-state index contributed by atoms with van der Waals surface area (Å²) in [6, 6.07) is 0.864. The number of imidazole rings is 1. The van der Waals surface area contributed by atoms with E-state index in [0.717, 1.165) is 32.0 Å². The van der Waals surface area contributed by atoms with Crippen LogP contribution >= 0.6 is 0 Å². The summed E-state index contributed by atoms with van der Waals surface area (Å²) in [7, 11) is 0. The quantitative estimate of drug-likeness (QED) is 0.744. The van der Waals surface area contributed by atoms with E-state index >= 15 is 0 Å². The molecule has 2 aliphatic rings. The van der Waals surface area contributed by atoms with Gasteiger partial charge in [0.1, 0.15) is 5.82 Å². The third kappa shape index (κ3) is 2.68. The van der Waals surface area contributed by atoms with Crippen molar-refractivity contribution in [2.45, 2.75) is 38.0 Å². The van der Waals surface area contributed by atoms with E-state index < -0.39 is 0 Å². The number of rotatable bonds is 5. The van der Waals surface area contributed by atoms with Gasteiger partial charge in [-0.25, -0.2) is 4.98 Å². The van der Waals surface area contributed by atoms with Gasteiger partial charge < -0.3 is 15.0 Å². The molecule has 1 aliphatic heterocycles. The summed E-state index contributed by atoms with van der Waals surface area (Å²) < 4.78 is 2.21. The van der Waals surface area contributed by atoms with Crippen molar-refractivity contribution >= 4 is 0 Å². The molecule has 5 heteroatoms. The lowest BCUT2D eigenvalue weighted by Crippen LogP contribution is -2.46. The molecule has 2 N–H and O–H groups in total. The van der Waals surface area contributed by atoms with Crippen LogP contribution in [-0.2, 0) is 13.1 Å². The van der Waals surface area contributed by atoms with Gasteiger partial charge in [-0.1, -0.05) is 0 Å². The van der Waals surface area contributed by atoms with E-state index in [4.69, 9.17) is 0 Å². The standard InChI is InChI=1S/C12H20N4O/c17-9-11(14-10-1-2-10)7-15-5-6-16-4-3-13-12(16)8-15/h3-4,10-11,14,17H,1-2,5-9H2. The average Bonchev–Trinajstić information content (AvgIpc) is 3.04. The Labute approximate surface area is 101 Å². The lowest BCUT2D eigenvalue weighted by molar-refractivity contribution is 0.155. The van der Waals surface area contributed by atoms with E-state index in [1.165, 1.54) is 12.8 Å². The number of aliphatic hydroxyl groups is 1. The number of nitrogens with one attached hydrogen (secondary N) is 1. The minimum absolute atomic E-state index is 0.212. The molecule has 94 valence electrons. The molecule has 2 heterocycles. The van der Waals surface area contributed by atoms with Crippen molar-refractivity contribution in [3.8, 4) is 0 Å². The van der Waals surface area contributed by atoms with E-state index in [0.29, 0.717) is 6.04 Å². The summed E-state index contributed by atoms with van der Waals surface area (Å²) in [6.07, 6.45) is 6.44. The first-order valence-corrected chi connectivity index (χ1v) is 6.44. The lowest BCUT2D eigenvalue weighted by Gasteiger charge is -2.30. The van der Waals surface area contributed by atoms with Gasteiger partial charge in [-0.15, -0.1) is 0 Å². The van der Waals surface area contributed by atoms with E-state index in [1.54, 1.807) is 0 Å². The van der Waals surface area contributed by atoms with Crippen LogP contribution in [0.4, 0.5) is 0 Å². The highest BCUT2D eigenvalue weighted by atomic mass is 16.3. The second kappa shape index (κ2) is 4.76. The van der Waals surface area contributed by atoms with Gasteiger partial charge in [0.2, 0.25) is 0 Å². The van der Waals surface area contributed by atoms with Crippen LogP contribution in [-0.4, -0.2) is 51.3 Å². The van der Waals surface area contributed by atoms with Crippen molar-refractivity contribution in [2.75, 3.05) is 19.7 Å². The minimum Gasteiger partial charge on any atom is -0.395 e. The second-order valence-corrected chi connectivity index (χ2v) is 5.09. The first-order valence-electron chi connectivity index (χ1n) is 6.44. The van der Waals surface area contributed by atoms with Gasteiger partial charge in [-0.05, 0) is 12.8 Å². The molecular weight excluding hydrogens is 216 g/mol. The Morgan fingerprint density at radius 1 is 1.47 bits per heavy atom. The fourth-order valence-corrected chi connectivity index (χ4v) is 2.44. The van der Waals surface area contributed by atoms with Gasteiger partial charge in [-0.2, -0.15) is 0 Å². The van der Waals surface area contributed by atoms with Gasteiger partial charge in [0.15, 0.2) is 0 Å². The third-order valence-corrected chi connectivity index (χ3v) is 3.57. The molecule has 0 aromatic carbocycles. The van der Waals surface area contributed by atoms with Crippen LogP contribution in [0.5, 0.6) is 0 Å². The molecule has 0 radical (unpaired) electrons. The number of aromatic nitrogens is 2. The fourth-order valence-electron chi connectivity index (χ4n) is 2.44. The molecule has 1 aliphatic carbocycles. The maximum absolute atomic E-state index is 9.38. The molecular formula is C12H20N4O. The molecule has 5 nitrogen and oxygen atoms in total. The molecule has 1 unspecified atom stereocenters. The zero-order valence-electron chi connectivity index (χ0n) is 10.0. The summed E-state index contributed by atoms with van der Waals surface area (Å²) >= 11 is 0. The zero-order chi connectivity index (χ0) is 11.7. The van der Waals surface area contributed by atoms with Crippen molar-refractivity contribution in [2.24, 2.45) is 0 Å². The molecule has 1 aromatic heterocycles. The van der Waals surface area contributed by atoms with Gasteiger partial charge in [0.05, 0.1) is 13.2 Å². The van der Waals surface area contributed by atoms with Crippen LogP contribution < -0.4 is 5.32 Å². The summed E-state index contributed by atoms with van der Waals surface area (Å²) in [4.78, 5) is 6.73. The Morgan fingerprint density at radius 2 is 2.35 bits per heavy atom. The minimum atomic E-state index is 0.212. The molecule has 3 rings (SSSR count). The van der Waals surface area contributed by atoms with Crippen molar-refractivity contribution in [1.29, 1.82) is 0 Å². The maximum atomic E-state index is 9.38. The predicted octanol–water partition coefficient (Wildman–Crippen LogP) is -0.188. The fraction of sp³-hybridized carbons (Fsp3) is 0.750. The summed E-state index contributed by atoms with van der Waals surface area (Å²) in [5, 5.41) is 12.9. The third-order valence-electron chi connectivity index (χ3n) is 3.57. The molecule has 1 atom stereocenters. The van der Waals surface area contributed by atoms with Crippen LogP contribution in [0.3, 0.4) is 0 Å². The van der Waals surface area contributed by atoms with Crippen LogP contribution in [0.25, 0.3) is 0 Å². The number of aliphatic hydroxyl groups excluding tert-OH is 1. The maximum Gasteiger partial charge on any atom is 0.122 e. The largest absolute Gasteiger partial charge is 0.395 e. The predicted molar refractivity (Wildman–Crippen MR) is 64.5 cm³/mol. The molecule has 17 heavy (non-hydrogen) atoms. The highest BCUT2D eigenvalue weighted by Crippen LogP contribution is 2.20. The first-order chi connectivity index (χ1) is 8.35. The monoisotopic (exact) mass is 236 g/mol. The van der Waals surface area contributed by atoms with Crippen LogP contribution in [0.1, 0.15) is 18.7 Å². The van der Waals surface area contributed by atoms with Gasteiger partial charge in [0.25, 0.3) is 0 Å². The second-order valence-electron chi connectivity index (χ2n) is 5.09. The molecule has 0 bridgehead atoms. The summed E-state index contributed by atoms with van der Waals surface area (Å²) in [5.74, 6) is 1.14. The normalized spacial score (nSPS) is 22.4. The zero-order valence-corrected chi connectivity index (χ0v) is 10.0. The number of nitrogens with zero attached hydrogens (tertiary/aromatic N) is 3. The molecule has 0 amide bonds. The van der Waals surface area contributed by atoms with Crippen molar-refractivity contribution in [1.82, 2.24) is 19.8 Å². The molecule has 1 fully saturated rings. The highest BCUT2D eigenvalue weighted by molar-refractivity contribution is 4.96. The number of hydrogen-bond acceptors (Lipinski definition) is 4. The Balaban J connectivity index is 1.54. The molecule has 0 spiro atoms. The Bertz CT molecular complexity index is 374. The average molecular weight is 236 g/mol. The molecule has 1 saturated carbocycles. The van der Waals surface area contributed by atoms with E-state index in [9.17, 15) is 5.11 Å². The highest BCUT2D eigenvalue weighted by Gasteiger charge is 2.26. The Morgan fingerprint density at radius 3 is 3.12 bits per heavy atom. The van der Waals surface area contributed by atoms with Gasteiger partial charge in [-0.3, -0.25) is 4.90 Å². The Kier molecular flexibility index (Phi) is 3.13. The van der Waals surface area contributed by atoms with Crippen molar-refractivity contribution in [3.05, 3.63) is 18.2 Å². The van der Waals surface area contributed by atoms with E-state index in [1.807, 2.05) is 12.4 Å². The number of fused-ring (bicyclic) bond motifs is 1. The molecule has 1 aromatic rings. The van der Waals surface area contributed by atoms with Gasteiger partial charge >= 0.3 is 0 Å². The van der Waals surface area contributed by atoms with Crippen molar-refractivity contribution < 1.29 is 5.11 Å². The Hall–Kier alpha value is -0.910. The summed E-state index contributed by atoms with van der Waals surface area (Å²) in [6.45, 7) is 4.10. The lowest BCUT2D eigenvalue weighted by atomic mass is 10.2. The van der Waals surface area contributed by atoms with E-state index in [2.05, 4.69) is 19.8 Å². The topological polar surface area (TPSA) is 53.3 Å². The summed E-state index contributed by atoms with van der Waals surface area (Å²) in [5.41, 5.74) is 0. The molecule has 0 saturated heterocycles. The first kappa shape index (κ1) is 11.2. The number of hydrogen-bond donors (Lipinski definition) is 2. The van der Waals surface area contributed by atoms with E-state index in [-0.39, 0.29) is 12.6 Å². The SMILES string of the molecule is OCC(CN1CCn2ccnc2C1)NC1CC1. The van der Waals surface area contributed by atoms with Crippen LogP contribution in [0.15, 0.2) is 12.4 Å².